The van der Waals surface area contributed by atoms with Crippen LogP contribution in [0.15, 0.2) is 30.3 Å². The summed E-state index contributed by atoms with van der Waals surface area (Å²) in [5.41, 5.74) is 1.31. The first-order valence-electron chi connectivity index (χ1n) is 9.97. The Balaban J connectivity index is 1.40. The van der Waals surface area contributed by atoms with Crippen LogP contribution in [-0.4, -0.2) is 53.3 Å². The van der Waals surface area contributed by atoms with E-state index in [9.17, 15) is 9.59 Å². The Morgan fingerprint density at radius 2 is 1.81 bits per heavy atom. The molecule has 2 aliphatic rings. The lowest BCUT2D eigenvalue weighted by Gasteiger charge is -2.40. The van der Waals surface area contributed by atoms with Crippen molar-refractivity contribution in [2.24, 2.45) is 0 Å². The van der Waals surface area contributed by atoms with Crippen LogP contribution in [0.1, 0.15) is 51.0 Å². The number of benzene rings is 1. The fraction of sp³-hybridized carbons (Fsp3) is 0.619. The summed E-state index contributed by atoms with van der Waals surface area (Å²) in [5.74, 6) is 0.138. The molecule has 1 aromatic carbocycles. The van der Waals surface area contributed by atoms with Gasteiger partial charge >= 0.3 is 0 Å². The van der Waals surface area contributed by atoms with Crippen LogP contribution in [0.4, 0.5) is 0 Å². The van der Waals surface area contributed by atoms with Crippen molar-refractivity contribution in [1.29, 1.82) is 0 Å². The molecule has 5 heteroatoms. The molecule has 1 saturated carbocycles. The van der Waals surface area contributed by atoms with Crippen LogP contribution in [0, 0.1) is 0 Å². The molecule has 2 fully saturated rings. The van der Waals surface area contributed by atoms with E-state index in [1.54, 1.807) is 0 Å². The number of piperazine rings is 1. The first-order chi connectivity index (χ1) is 12.6. The zero-order valence-electron chi connectivity index (χ0n) is 15.8. The van der Waals surface area contributed by atoms with Gasteiger partial charge in [0.05, 0.1) is 0 Å². The van der Waals surface area contributed by atoms with E-state index in [1.165, 1.54) is 18.4 Å². The molecule has 0 spiro atoms. The summed E-state index contributed by atoms with van der Waals surface area (Å²) >= 11 is 0. The van der Waals surface area contributed by atoms with Crippen molar-refractivity contribution >= 4 is 11.8 Å². The fourth-order valence-electron chi connectivity index (χ4n) is 4.12. The van der Waals surface area contributed by atoms with Gasteiger partial charge < -0.3 is 10.2 Å². The highest BCUT2D eigenvalue weighted by Crippen LogP contribution is 2.18. The second-order valence-electron chi connectivity index (χ2n) is 7.71. The van der Waals surface area contributed by atoms with Crippen LogP contribution in [-0.2, 0) is 16.1 Å². The first-order valence-corrected chi connectivity index (χ1v) is 9.97. The summed E-state index contributed by atoms with van der Waals surface area (Å²) < 4.78 is 0. The summed E-state index contributed by atoms with van der Waals surface area (Å²) in [5, 5.41) is 3.06. The summed E-state index contributed by atoms with van der Waals surface area (Å²) in [6.45, 7) is 5.55. The second-order valence-corrected chi connectivity index (χ2v) is 7.71. The third-order valence-corrected chi connectivity index (χ3v) is 5.57. The molecule has 0 radical (unpaired) electrons. The van der Waals surface area contributed by atoms with Gasteiger partial charge in [-0.25, -0.2) is 0 Å². The first kappa shape index (κ1) is 18.9. The second kappa shape index (κ2) is 9.17. The van der Waals surface area contributed by atoms with E-state index in [0.717, 1.165) is 39.0 Å². The highest BCUT2D eigenvalue weighted by Gasteiger charge is 2.27. The third-order valence-electron chi connectivity index (χ3n) is 5.57. The van der Waals surface area contributed by atoms with Crippen LogP contribution >= 0.6 is 0 Å². The molecule has 1 aliphatic heterocycles. The van der Waals surface area contributed by atoms with Crippen LogP contribution < -0.4 is 5.32 Å². The van der Waals surface area contributed by atoms with Gasteiger partial charge in [0.15, 0.2) is 0 Å². The van der Waals surface area contributed by atoms with Gasteiger partial charge in [-0.1, -0.05) is 43.2 Å². The number of carbonyl (C=O) groups is 2. The van der Waals surface area contributed by atoms with Crippen molar-refractivity contribution in [3.05, 3.63) is 35.9 Å². The zero-order chi connectivity index (χ0) is 18.4. The Kier molecular flexibility index (Phi) is 6.67. The van der Waals surface area contributed by atoms with Gasteiger partial charge in [-0.15, -0.1) is 0 Å². The number of amides is 2. The number of hydrogen-bond acceptors (Lipinski definition) is 3. The Hall–Kier alpha value is -1.88. The average Bonchev–Trinajstić information content (AvgIpc) is 3.14. The fourth-order valence-corrected chi connectivity index (χ4v) is 4.12. The monoisotopic (exact) mass is 357 g/mol. The molecular formula is C21H31N3O2. The Morgan fingerprint density at radius 3 is 2.50 bits per heavy atom. The number of rotatable bonds is 6. The van der Waals surface area contributed by atoms with E-state index >= 15 is 0 Å². The number of nitrogens with zero attached hydrogens (tertiary/aromatic N) is 2. The molecule has 1 N–H and O–H groups in total. The average molecular weight is 357 g/mol. The van der Waals surface area contributed by atoms with Crippen molar-refractivity contribution in [2.75, 3.05) is 19.6 Å². The molecule has 26 heavy (non-hydrogen) atoms. The smallest absolute Gasteiger partial charge is 0.223 e. The van der Waals surface area contributed by atoms with Crippen molar-refractivity contribution in [3.63, 3.8) is 0 Å². The Labute approximate surface area is 156 Å². The maximum Gasteiger partial charge on any atom is 0.223 e. The molecule has 2 amide bonds. The van der Waals surface area contributed by atoms with E-state index in [0.29, 0.717) is 18.9 Å². The SMILES string of the molecule is CC1CN(Cc2ccccc2)CCN1C(=O)CCC(=O)NC1CCCC1. The molecule has 1 aliphatic carbocycles. The predicted molar refractivity (Wildman–Crippen MR) is 103 cm³/mol. The molecule has 1 unspecified atom stereocenters. The normalized spacial score (nSPS) is 21.7. The van der Waals surface area contributed by atoms with Gasteiger partial charge in [-0.3, -0.25) is 14.5 Å². The maximum atomic E-state index is 12.5. The maximum absolute atomic E-state index is 12.5. The quantitative estimate of drug-likeness (QED) is 0.851. The van der Waals surface area contributed by atoms with E-state index in [4.69, 9.17) is 0 Å². The summed E-state index contributed by atoms with van der Waals surface area (Å²) in [6, 6.07) is 11.0. The minimum Gasteiger partial charge on any atom is -0.353 e. The lowest BCUT2D eigenvalue weighted by atomic mass is 10.1. The van der Waals surface area contributed by atoms with E-state index in [1.807, 2.05) is 11.0 Å². The molecule has 1 heterocycles. The topological polar surface area (TPSA) is 52.7 Å². The number of carbonyl (C=O) groups excluding carboxylic acids is 2. The minimum absolute atomic E-state index is 0.0283. The molecule has 3 rings (SSSR count). The van der Waals surface area contributed by atoms with Crippen LogP contribution in [0.5, 0.6) is 0 Å². The molecule has 1 atom stereocenters. The van der Waals surface area contributed by atoms with Crippen LogP contribution in [0.25, 0.3) is 0 Å². The van der Waals surface area contributed by atoms with Gasteiger partial charge in [0.1, 0.15) is 0 Å². The molecule has 1 aromatic rings. The molecular weight excluding hydrogens is 326 g/mol. The number of nitrogens with one attached hydrogen (secondary N) is 1. The summed E-state index contributed by atoms with van der Waals surface area (Å²) in [6.07, 6.45) is 5.21. The molecule has 142 valence electrons. The van der Waals surface area contributed by atoms with E-state index in [2.05, 4.69) is 41.4 Å². The highest BCUT2D eigenvalue weighted by atomic mass is 16.2. The van der Waals surface area contributed by atoms with Crippen molar-refractivity contribution in [3.8, 4) is 0 Å². The van der Waals surface area contributed by atoms with Crippen LogP contribution in [0.3, 0.4) is 0 Å². The van der Waals surface area contributed by atoms with Crippen molar-refractivity contribution < 1.29 is 9.59 Å². The number of hydrogen-bond donors (Lipinski definition) is 1. The van der Waals surface area contributed by atoms with Crippen molar-refractivity contribution in [2.45, 2.75) is 64.1 Å². The van der Waals surface area contributed by atoms with Gasteiger partial charge in [-0.05, 0) is 25.3 Å². The Morgan fingerprint density at radius 1 is 1.08 bits per heavy atom. The van der Waals surface area contributed by atoms with E-state index < -0.39 is 0 Å². The third kappa shape index (κ3) is 5.31. The standard InChI is InChI=1S/C21H31N3O2/c1-17-15-23(16-18-7-3-2-4-8-18)13-14-24(17)21(26)12-11-20(25)22-19-9-5-6-10-19/h2-4,7-8,17,19H,5-6,9-16H2,1H3,(H,22,25). The Bertz CT molecular complexity index is 599. The summed E-state index contributed by atoms with van der Waals surface area (Å²) in [7, 11) is 0. The molecule has 0 aromatic heterocycles. The largest absolute Gasteiger partial charge is 0.353 e. The minimum atomic E-state index is 0.0283. The lowest BCUT2D eigenvalue weighted by Crippen LogP contribution is -2.53. The van der Waals surface area contributed by atoms with E-state index in [-0.39, 0.29) is 17.9 Å². The van der Waals surface area contributed by atoms with Gasteiger partial charge in [0.2, 0.25) is 11.8 Å². The highest BCUT2D eigenvalue weighted by molar-refractivity contribution is 5.84. The van der Waals surface area contributed by atoms with Gasteiger partial charge in [0, 0.05) is 51.1 Å². The van der Waals surface area contributed by atoms with Crippen LogP contribution in [0.2, 0.25) is 0 Å². The molecule has 5 nitrogen and oxygen atoms in total. The van der Waals surface area contributed by atoms with Crippen molar-refractivity contribution in [1.82, 2.24) is 15.1 Å². The van der Waals surface area contributed by atoms with Gasteiger partial charge in [-0.2, -0.15) is 0 Å². The lowest BCUT2D eigenvalue weighted by molar-refractivity contribution is -0.137. The van der Waals surface area contributed by atoms with Gasteiger partial charge in [0.25, 0.3) is 0 Å². The summed E-state index contributed by atoms with van der Waals surface area (Å²) in [4.78, 5) is 28.9. The zero-order valence-corrected chi connectivity index (χ0v) is 15.8. The molecule has 1 saturated heterocycles. The predicted octanol–water partition coefficient (Wildman–Crippen LogP) is 2.56. The molecule has 0 bridgehead atoms.